The van der Waals surface area contributed by atoms with Gasteiger partial charge in [-0.2, -0.15) is 0 Å². The summed E-state index contributed by atoms with van der Waals surface area (Å²) in [6.07, 6.45) is 6.76. The zero-order chi connectivity index (χ0) is 9.90. The van der Waals surface area contributed by atoms with Crippen molar-refractivity contribution in [2.24, 2.45) is 11.8 Å². The predicted molar refractivity (Wildman–Crippen MR) is 56.7 cm³/mol. The molecule has 1 fully saturated rings. The average Bonchev–Trinajstić information content (AvgIpc) is 2.12. The molecular formula is C12H24O. The van der Waals surface area contributed by atoms with E-state index in [0.717, 1.165) is 25.2 Å². The Kier molecular flexibility index (Phi) is 3.78. The molecule has 0 spiro atoms. The first-order valence-corrected chi connectivity index (χ1v) is 5.74. The highest BCUT2D eigenvalue weighted by Gasteiger charge is 2.30. The van der Waals surface area contributed by atoms with Gasteiger partial charge in [-0.25, -0.2) is 0 Å². The van der Waals surface area contributed by atoms with E-state index in [9.17, 15) is 5.11 Å². The molecule has 13 heavy (non-hydrogen) atoms. The van der Waals surface area contributed by atoms with Crippen molar-refractivity contribution in [3.63, 3.8) is 0 Å². The number of hydrogen-bond donors (Lipinski definition) is 1. The second-order valence-corrected chi connectivity index (χ2v) is 5.36. The van der Waals surface area contributed by atoms with Crippen molar-refractivity contribution in [2.75, 3.05) is 0 Å². The van der Waals surface area contributed by atoms with Gasteiger partial charge in [-0.05, 0) is 37.5 Å². The molecule has 1 N–H and O–H groups in total. The summed E-state index contributed by atoms with van der Waals surface area (Å²) in [7, 11) is 0. The van der Waals surface area contributed by atoms with Crippen molar-refractivity contribution in [1.29, 1.82) is 0 Å². The van der Waals surface area contributed by atoms with Gasteiger partial charge in [0.2, 0.25) is 0 Å². The molecule has 0 aromatic rings. The molecule has 1 aliphatic carbocycles. The van der Waals surface area contributed by atoms with Crippen molar-refractivity contribution in [3.05, 3.63) is 0 Å². The number of aliphatic hydroxyl groups is 1. The van der Waals surface area contributed by atoms with Crippen LogP contribution in [0.2, 0.25) is 0 Å². The lowest BCUT2D eigenvalue weighted by Crippen LogP contribution is -2.29. The minimum absolute atomic E-state index is 0.334. The minimum Gasteiger partial charge on any atom is -0.390 e. The molecule has 1 saturated carbocycles. The Hall–Kier alpha value is -0.0400. The van der Waals surface area contributed by atoms with Crippen LogP contribution in [0.5, 0.6) is 0 Å². The van der Waals surface area contributed by atoms with Crippen LogP contribution in [0.3, 0.4) is 0 Å². The molecule has 0 aromatic heterocycles. The van der Waals surface area contributed by atoms with Crippen LogP contribution in [0, 0.1) is 11.8 Å². The summed E-state index contributed by atoms with van der Waals surface area (Å²) in [6, 6.07) is 0. The van der Waals surface area contributed by atoms with Gasteiger partial charge in [-0.15, -0.1) is 0 Å². The van der Waals surface area contributed by atoms with Crippen molar-refractivity contribution in [2.45, 2.75) is 64.9 Å². The van der Waals surface area contributed by atoms with E-state index in [0.29, 0.717) is 5.92 Å². The Morgan fingerprint density at radius 3 is 2.62 bits per heavy atom. The monoisotopic (exact) mass is 184 g/mol. The van der Waals surface area contributed by atoms with Gasteiger partial charge in [-0.3, -0.25) is 0 Å². The van der Waals surface area contributed by atoms with Gasteiger partial charge in [0.15, 0.2) is 0 Å². The van der Waals surface area contributed by atoms with Crippen molar-refractivity contribution < 1.29 is 5.11 Å². The van der Waals surface area contributed by atoms with Gasteiger partial charge in [-0.1, -0.05) is 33.6 Å². The van der Waals surface area contributed by atoms with Crippen LogP contribution in [-0.2, 0) is 0 Å². The Balaban J connectivity index is 2.47. The quantitative estimate of drug-likeness (QED) is 0.652. The summed E-state index contributed by atoms with van der Waals surface area (Å²) in [4.78, 5) is 0. The zero-order valence-electron chi connectivity index (χ0n) is 9.34. The smallest absolute Gasteiger partial charge is 0.0650 e. The van der Waals surface area contributed by atoms with Crippen LogP contribution in [0.15, 0.2) is 0 Å². The highest BCUT2D eigenvalue weighted by molar-refractivity contribution is 4.83. The molecule has 1 nitrogen and oxygen atoms in total. The third-order valence-corrected chi connectivity index (χ3v) is 3.23. The zero-order valence-corrected chi connectivity index (χ0v) is 9.34. The molecule has 0 amide bonds. The fraction of sp³-hybridized carbons (Fsp3) is 1.00. The topological polar surface area (TPSA) is 20.2 Å². The van der Waals surface area contributed by atoms with Crippen LogP contribution in [0.1, 0.15) is 59.3 Å². The standard InChI is InChI=1S/C12H24O/c1-10(2)9-12(13)7-4-5-11(3)6-8-12/h10-11,13H,4-9H2,1-3H3. The first-order valence-electron chi connectivity index (χ1n) is 5.74. The van der Waals surface area contributed by atoms with Gasteiger partial charge in [0.05, 0.1) is 5.60 Å². The fourth-order valence-electron chi connectivity index (χ4n) is 2.53. The summed E-state index contributed by atoms with van der Waals surface area (Å²) in [5.74, 6) is 1.44. The molecule has 2 unspecified atom stereocenters. The Morgan fingerprint density at radius 1 is 1.31 bits per heavy atom. The van der Waals surface area contributed by atoms with E-state index in [1.54, 1.807) is 0 Å². The molecule has 2 atom stereocenters. The van der Waals surface area contributed by atoms with E-state index in [1.165, 1.54) is 19.3 Å². The molecule has 1 heteroatoms. The Bertz CT molecular complexity index is 153. The van der Waals surface area contributed by atoms with E-state index in [4.69, 9.17) is 0 Å². The predicted octanol–water partition coefficient (Wildman–Crippen LogP) is 3.36. The van der Waals surface area contributed by atoms with Crippen LogP contribution in [0.25, 0.3) is 0 Å². The molecule has 0 aliphatic heterocycles. The van der Waals surface area contributed by atoms with Crippen molar-refractivity contribution in [3.8, 4) is 0 Å². The van der Waals surface area contributed by atoms with Crippen LogP contribution in [-0.4, -0.2) is 10.7 Å². The van der Waals surface area contributed by atoms with E-state index in [2.05, 4.69) is 20.8 Å². The molecule has 0 saturated heterocycles. The van der Waals surface area contributed by atoms with E-state index in [1.807, 2.05) is 0 Å². The lowest BCUT2D eigenvalue weighted by Gasteiger charge is -2.28. The van der Waals surface area contributed by atoms with Gasteiger partial charge in [0, 0.05) is 0 Å². The Labute approximate surface area is 82.5 Å². The summed E-state index contributed by atoms with van der Waals surface area (Å²) in [6.45, 7) is 6.71. The van der Waals surface area contributed by atoms with Crippen molar-refractivity contribution in [1.82, 2.24) is 0 Å². The summed E-state index contributed by atoms with van der Waals surface area (Å²) in [5, 5.41) is 10.3. The van der Waals surface area contributed by atoms with Crippen LogP contribution >= 0.6 is 0 Å². The summed E-state index contributed by atoms with van der Waals surface area (Å²) >= 11 is 0. The number of hydrogen-bond acceptors (Lipinski definition) is 1. The molecular weight excluding hydrogens is 160 g/mol. The lowest BCUT2D eigenvalue weighted by molar-refractivity contribution is 0.00450. The van der Waals surface area contributed by atoms with Gasteiger partial charge < -0.3 is 5.11 Å². The SMILES string of the molecule is CC(C)CC1(O)CCCC(C)CC1. The largest absolute Gasteiger partial charge is 0.390 e. The fourth-order valence-corrected chi connectivity index (χ4v) is 2.53. The second-order valence-electron chi connectivity index (χ2n) is 5.36. The van der Waals surface area contributed by atoms with Gasteiger partial charge >= 0.3 is 0 Å². The van der Waals surface area contributed by atoms with Gasteiger partial charge in [0.1, 0.15) is 0 Å². The van der Waals surface area contributed by atoms with E-state index in [-0.39, 0.29) is 5.60 Å². The first-order chi connectivity index (χ1) is 6.02. The van der Waals surface area contributed by atoms with Crippen LogP contribution in [0.4, 0.5) is 0 Å². The highest BCUT2D eigenvalue weighted by atomic mass is 16.3. The summed E-state index contributed by atoms with van der Waals surface area (Å²) in [5.41, 5.74) is -0.334. The second kappa shape index (κ2) is 4.45. The Morgan fingerprint density at radius 2 is 2.00 bits per heavy atom. The van der Waals surface area contributed by atoms with E-state index >= 15 is 0 Å². The average molecular weight is 184 g/mol. The number of rotatable bonds is 2. The normalized spacial score (nSPS) is 36.2. The van der Waals surface area contributed by atoms with Crippen molar-refractivity contribution >= 4 is 0 Å². The molecule has 0 aromatic carbocycles. The van der Waals surface area contributed by atoms with Gasteiger partial charge in [0.25, 0.3) is 0 Å². The maximum Gasteiger partial charge on any atom is 0.0650 e. The lowest BCUT2D eigenvalue weighted by atomic mass is 9.86. The maximum absolute atomic E-state index is 10.3. The van der Waals surface area contributed by atoms with Crippen LogP contribution < -0.4 is 0 Å². The molecule has 0 heterocycles. The molecule has 0 bridgehead atoms. The van der Waals surface area contributed by atoms with E-state index < -0.39 is 0 Å². The summed E-state index contributed by atoms with van der Waals surface area (Å²) < 4.78 is 0. The third kappa shape index (κ3) is 3.68. The minimum atomic E-state index is -0.334. The molecule has 78 valence electrons. The maximum atomic E-state index is 10.3. The first kappa shape index (κ1) is 11.0. The third-order valence-electron chi connectivity index (χ3n) is 3.23. The molecule has 1 rings (SSSR count). The molecule has 0 radical (unpaired) electrons. The molecule has 1 aliphatic rings. The highest BCUT2D eigenvalue weighted by Crippen LogP contribution is 2.34.